The van der Waals surface area contributed by atoms with E-state index in [-0.39, 0.29) is 22.8 Å². The number of nitrogens with zero attached hydrogens (tertiary/aromatic N) is 1. The molecule has 1 aliphatic heterocycles. The molecule has 1 fully saturated rings. The first-order valence-electron chi connectivity index (χ1n) is 14.5. The van der Waals surface area contributed by atoms with Gasteiger partial charge in [0.05, 0.1) is 37.5 Å². The second-order valence-electron chi connectivity index (χ2n) is 11.3. The first kappa shape index (κ1) is 33.8. The molecule has 0 unspecified atom stereocenters. The summed E-state index contributed by atoms with van der Waals surface area (Å²) in [6.45, 7) is -0.128. The predicted molar refractivity (Wildman–Crippen MR) is 169 cm³/mol. The van der Waals surface area contributed by atoms with Crippen molar-refractivity contribution >= 4 is 51.0 Å². The fraction of sp³-hybridized carbons (Fsp3) is 0.344. The topological polar surface area (TPSA) is 131 Å². The zero-order valence-corrected chi connectivity index (χ0v) is 27.3. The van der Waals surface area contributed by atoms with E-state index in [0.717, 1.165) is 24.8 Å². The molecule has 10 nitrogen and oxygen atoms in total. The monoisotopic (exact) mass is 691 g/mol. The van der Waals surface area contributed by atoms with E-state index in [1.54, 1.807) is 36.4 Å². The van der Waals surface area contributed by atoms with Crippen LogP contribution in [0.15, 0.2) is 60.7 Å². The minimum absolute atomic E-state index is 0.0948. The number of amides is 2. The average molecular weight is 693 g/mol. The molecule has 0 spiro atoms. The van der Waals surface area contributed by atoms with Gasteiger partial charge in [0, 0.05) is 27.7 Å². The van der Waals surface area contributed by atoms with Crippen LogP contribution in [0.25, 0.3) is 0 Å². The molecule has 2 aliphatic rings. The quantitative estimate of drug-likeness (QED) is 0.230. The maximum absolute atomic E-state index is 14.8. The Morgan fingerprint density at radius 1 is 1.02 bits per heavy atom. The van der Waals surface area contributed by atoms with Gasteiger partial charge in [-0.25, -0.2) is 27.8 Å². The third-order valence-corrected chi connectivity index (χ3v) is 9.50. The summed E-state index contributed by atoms with van der Waals surface area (Å²) >= 11 is 12.9. The first-order chi connectivity index (χ1) is 21.9. The van der Waals surface area contributed by atoms with Gasteiger partial charge in [-0.05, 0) is 72.0 Å². The molecule has 0 radical (unpaired) electrons. The van der Waals surface area contributed by atoms with E-state index in [1.807, 2.05) is 0 Å². The number of benzene rings is 3. The van der Waals surface area contributed by atoms with Crippen LogP contribution in [0.1, 0.15) is 75.0 Å². The first-order valence-corrected chi connectivity index (χ1v) is 17.2. The molecule has 0 aromatic heterocycles. The SMILES string of the molecule is COC(=O)c1cccc(CONC(=O)[C@@H]2c3cc(F)ccc3C(=O)N([C@H]3CCCC[C@@H]3NS(C)(=O)=O)[C@H]2c2ccc(Cl)cc2Cl)c1. The molecule has 14 heteroatoms. The van der Waals surface area contributed by atoms with Crippen LogP contribution in [0, 0.1) is 5.82 Å². The van der Waals surface area contributed by atoms with Crippen molar-refractivity contribution in [1.29, 1.82) is 0 Å². The Kier molecular flexibility index (Phi) is 10.3. The molecule has 4 atom stereocenters. The number of carbonyl (C=O) groups excluding carboxylic acids is 3. The molecule has 2 amide bonds. The molecule has 0 bridgehead atoms. The van der Waals surface area contributed by atoms with E-state index in [4.69, 9.17) is 32.8 Å². The Labute approximate surface area is 276 Å². The smallest absolute Gasteiger partial charge is 0.337 e. The highest BCUT2D eigenvalue weighted by atomic mass is 35.5. The van der Waals surface area contributed by atoms with Gasteiger partial charge >= 0.3 is 5.97 Å². The van der Waals surface area contributed by atoms with Crippen LogP contribution in [-0.4, -0.2) is 56.6 Å². The molecule has 1 heterocycles. The molecule has 0 saturated heterocycles. The van der Waals surface area contributed by atoms with Crippen molar-refractivity contribution in [2.24, 2.45) is 0 Å². The Morgan fingerprint density at radius 2 is 1.78 bits per heavy atom. The van der Waals surface area contributed by atoms with Crippen LogP contribution >= 0.6 is 23.2 Å². The van der Waals surface area contributed by atoms with Crippen molar-refractivity contribution < 1.29 is 36.8 Å². The molecule has 244 valence electrons. The average Bonchev–Trinajstić information content (AvgIpc) is 3.00. The zero-order chi connectivity index (χ0) is 33.2. The van der Waals surface area contributed by atoms with Crippen LogP contribution in [-0.2, 0) is 31.0 Å². The molecule has 5 rings (SSSR count). The van der Waals surface area contributed by atoms with Gasteiger partial charge in [-0.2, -0.15) is 0 Å². The fourth-order valence-corrected chi connectivity index (χ4v) is 7.66. The van der Waals surface area contributed by atoms with Crippen molar-refractivity contribution in [3.05, 3.63) is 104 Å². The molecule has 3 aromatic carbocycles. The number of carbonyl (C=O) groups is 3. The summed E-state index contributed by atoms with van der Waals surface area (Å²) < 4.78 is 47.0. The van der Waals surface area contributed by atoms with E-state index in [2.05, 4.69) is 10.2 Å². The summed E-state index contributed by atoms with van der Waals surface area (Å²) in [5.41, 5.74) is 3.88. The second-order valence-corrected chi connectivity index (χ2v) is 14.0. The largest absolute Gasteiger partial charge is 0.465 e. The van der Waals surface area contributed by atoms with Gasteiger partial charge in [0.15, 0.2) is 0 Å². The number of fused-ring (bicyclic) bond motifs is 1. The molecule has 1 saturated carbocycles. The third-order valence-electron chi connectivity index (χ3n) is 8.20. The van der Waals surface area contributed by atoms with Gasteiger partial charge in [0.25, 0.3) is 11.8 Å². The lowest BCUT2D eigenvalue weighted by Crippen LogP contribution is -2.59. The normalized spacial score (nSPS) is 21.4. The lowest BCUT2D eigenvalue weighted by molar-refractivity contribution is -0.138. The number of nitrogens with one attached hydrogen (secondary N) is 2. The van der Waals surface area contributed by atoms with Crippen molar-refractivity contribution in [3.8, 4) is 0 Å². The second kappa shape index (κ2) is 14.1. The number of hydroxylamine groups is 1. The highest BCUT2D eigenvalue weighted by molar-refractivity contribution is 7.88. The number of esters is 1. The summed E-state index contributed by atoms with van der Waals surface area (Å²) in [7, 11) is -2.40. The van der Waals surface area contributed by atoms with E-state index in [1.165, 1.54) is 24.1 Å². The Bertz CT molecular complexity index is 1770. The van der Waals surface area contributed by atoms with Crippen LogP contribution in [0.5, 0.6) is 0 Å². The van der Waals surface area contributed by atoms with Crippen LogP contribution in [0.3, 0.4) is 0 Å². The summed E-state index contributed by atoms with van der Waals surface area (Å²) in [6.07, 6.45) is 3.39. The van der Waals surface area contributed by atoms with Gasteiger partial charge in [0.1, 0.15) is 5.82 Å². The van der Waals surface area contributed by atoms with Crippen molar-refractivity contribution in [1.82, 2.24) is 15.1 Å². The Hall–Kier alpha value is -3.55. The number of sulfonamides is 1. The fourth-order valence-electron chi connectivity index (χ4n) is 6.31. The minimum atomic E-state index is -3.66. The number of hydrogen-bond acceptors (Lipinski definition) is 7. The number of halogens is 3. The zero-order valence-electron chi connectivity index (χ0n) is 25.0. The van der Waals surface area contributed by atoms with Crippen LogP contribution in [0.4, 0.5) is 4.39 Å². The van der Waals surface area contributed by atoms with Gasteiger partial charge in [0.2, 0.25) is 10.0 Å². The molecule has 1 aliphatic carbocycles. The number of rotatable bonds is 9. The summed E-state index contributed by atoms with van der Waals surface area (Å²) in [5.74, 6) is -3.63. The van der Waals surface area contributed by atoms with Crippen molar-refractivity contribution in [2.75, 3.05) is 13.4 Å². The highest BCUT2D eigenvalue weighted by Gasteiger charge is 2.49. The van der Waals surface area contributed by atoms with Crippen LogP contribution in [0.2, 0.25) is 10.0 Å². The van der Waals surface area contributed by atoms with Gasteiger partial charge < -0.3 is 9.64 Å². The number of hydrogen-bond donors (Lipinski definition) is 2. The minimum Gasteiger partial charge on any atom is -0.465 e. The van der Waals surface area contributed by atoms with Crippen molar-refractivity contribution in [2.45, 2.75) is 56.3 Å². The molecule has 3 aromatic rings. The standard InChI is InChI=1S/C32H32Cl2FN3O7S/c1-44-32(41)19-7-5-6-18(14-19)17-45-36-30(39)28-24-16-21(35)11-13-22(24)31(40)38(29(28)23-12-10-20(33)15-25(23)34)27-9-4-3-8-26(27)37-46(2,42)43/h5-7,10-16,26-29,37H,3-4,8-9,17H2,1-2H3,(H,36,39)/t26-,27-,28+,29-/m0/s1. The molecule has 46 heavy (non-hydrogen) atoms. The van der Waals surface area contributed by atoms with Gasteiger partial charge in [-0.3, -0.25) is 14.4 Å². The summed E-state index contributed by atoms with van der Waals surface area (Å²) in [5, 5.41) is 0.485. The Balaban J connectivity index is 1.57. The lowest BCUT2D eigenvalue weighted by Gasteiger charge is -2.49. The van der Waals surface area contributed by atoms with Gasteiger partial charge in [-0.1, -0.05) is 54.2 Å². The number of methoxy groups -OCH3 is 1. The summed E-state index contributed by atoms with van der Waals surface area (Å²) in [4.78, 5) is 47.5. The van der Waals surface area contributed by atoms with E-state index >= 15 is 0 Å². The third kappa shape index (κ3) is 7.37. The molecular weight excluding hydrogens is 660 g/mol. The molecular formula is C32H32Cl2FN3O7S. The lowest BCUT2D eigenvalue weighted by atomic mass is 9.76. The van der Waals surface area contributed by atoms with E-state index < -0.39 is 57.7 Å². The highest BCUT2D eigenvalue weighted by Crippen LogP contribution is 2.48. The Morgan fingerprint density at radius 3 is 2.50 bits per heavy atom. The predicted octanol–water partition coefficient (Wildman–Crippen LogP) is 5.31. The summed E-state index contributed by atoms with van der Waals surface area (Å²) in [6, 6.07) is 12.3. The number of ether oxygens (including phenoxy) is 1. The molecule has 2 N–H and O–H groups in total. The van der Waals surface area contributed by atoms with E-state index in [0.29, 0.717) is 41.0 Å². The maximum atomic E-state index is 14.8. The maximum Gasteiger partial charge on any atom is 0.337 e. The van der Waals surface area contributed by atoms with Crippen LogP contribution < -0.4 is 10.2 Å². The van der Waals surface area contributed by atoms with Crippen molar-refractivity contribution in [3.63, 3.8) is 0 Å². The van der Waals surface area contributed by atoms with E-state index in [9.17, 15) is 27.2 Å². The van der Waals surface area contributed by atoms with Gasteiger partial charge in [-0.15, -0.1) is 0 Å².